The van der Waals surface area contributed by atoms with E-state index in [1.807, 2.05) is 0 Å². The first-order valence-corrected chi connectivity index (χ1v) is 3.98. The molecule has 1 rings (SSSR count). The summed E-state index contributed by atoms with van der Waals surface area (Å²) in [6.45, 7) is 3.53. The fourth-order valence-electron chi connectivity index (χ4n) is 0.958. The van der Waals surface area contributed by atoms with E-state index < -0.39 is 5.97 Å². The number of hydrogen-bond acceptors (Lipinski definition) is 2. The van der Waals surface area contributed by atoms with Crippen LogP contribution in [0.5, 0.6) is 0 Å². The van der Waals surface area contributed by atoms with Gasteiger partial charge in [-0.05, 0) is 6.07 Å². The van der Waals surface area contributed by atoms with Crippen molar-refractivity contribution in [2.75, 3.05) is 0 Å². The Morgan fingerprint density at radius 3 is 2.46 bits per heavy atom. The largest absolute Gasteiger partial charge is 0.478 e. The molecule has 0 saturated heterocycles. The van der Waals surface area contributed by atoms with Gasteiger partial charge >= 0.3 is 5.97 Å². The molecule has 1 aromatic heterocycles. The summed E-state index contributed by atoms with van der Waals surface area (Å²) >= 11 is 0. The van der Waals surface area contributed by atoms with Crippen LogP contribution in [0.15, 0.2) is 18.5 Å². The molecule has 4 heteroatoms. The smallest absolute Gasteiger partial charge is 0.337 e. The third-order valence-electron chi connectivity index (χ3n) is 1.69. The lowest BCUT2D eigenvalue weighted by Gasteiger charge is -2.03. The number of aromatic carboxylic acids is 1. The molecule has 0 saturated carbocycles. The van der Waals surface area contributed by atoms with Crippen LogP contribution < -0.4 is 0 Å². The van der Waals surface area contributed by atoms with E-state index in [-0.39, 0.29) is 17.4 Å². The van der Waals surface area contributed by atoms with Gasteiger partial charge in [0.05, 0.1) is 5.56 Å². The zero-order chi connectivity index (χ0) is 10.0. The quantitative estimate of drug-likeness (QED) is 0.751. The highest BCUT2D eigenvalue weighted by Crippen LogP contribution is 2.04. The molecule has 1 N–H and O–H groups in total. The Kier molecular flexibility index (Phi) is 2.51. The molecule has 4 nitrogen and oxygen atoms in total. The fraction of sp³-hybridized carbons (Fsp3) is 0.333. The highest BCUT2D eigenvalue weighted by molar-refractivity contribution is 5.89. The van der Waals surface area contributed by atoms with Gasteiger partial charge in [-0.15, -0.1) is 0 Å². The molecule has 1 aromatic rings. The maximum absolute atomic E-state index is 11.4. The summed E-state index contributed by atoms with van der Waals surface area (Å²) in [5.41, 5.74) is 0.133. The molecular weight excluding hydrogens is 170 g/mol. The highest BCUT2D eigenvalue weighted by atomic mass is 16.4. The molecule has 0 atom stereocenters. The van der Waals surface area contributed by atoms with Crippen molar-refractivity contribution < 1.29 is 14.7 Å². The number of aromatic nitrogens is 1. The zero-order valence-electron chi connectivity index (χ0n) is 7.52. The lowest BCUT2D eigenvalue weighted by Crippen LogP contribution is -2.14. The molecule has 0 aliphatic rings. The number of carboxylic acid groups (broad SMARTS) is 1. The summed E-state index contributed by atoms with van der Waals surface area (Å²) in [7, 11) is 0. The van der Waals surface area contributed by atoms with E-state index in [9.17, 15) is 9.59 Å². The molecule has 70 valence electrons. The predicted octanol–water partition coefficient (Wildman–Crippen LogP) is 1.48. The van der Waals surface area contributed by atoms with Crippen molar-refractivity contribution in [3.8, 4) is 0 Å². The minimum absolute atomic E-state index is 0.104. The summed E-state index contributed by atoms with van der Waals surface area (Å²) in [5.74, 6) is -1.25. The summed E-state index contributed by atoms with van der Waals surface area (Å²) in [6.07, 6.45) is 2.79. The lowest BCUT2D eigenvalue weighted by molar-refractivity contribution is 0.0697. The summed E-state index contributed by atoms with van der Waals surface area (Å²) < 4.78 is 1.30. The third-order valence-corrected chi connectivity index (χ3v) is 1.69. The first-order valence-electron chi connectivity index (χ1n) is 3.98. The van der Waals surface area contributed by atoms with Gasteiger partial charge in [0.1, 0.15) is 0 Å². The molecule has 0 unspecified atom stereocenters. The maximum Gasteiger partial charge on any atom is 0.337 e. The van der Waals surface area contributed by atoms with Crippen molar-refractivity contribution in [2.45, 2.75) is 13.8 Å². The number of rotatable bonds is 2. The van der Waals surface area contributed by atoms with Crippen molar-refractivity contribution in [2.24, 2.45) is 5.92 Å². The van der Waals surface area contributed by atoms with Gasteiger partial charge in [-0.3, -0.25) is 9.36 Å². The summed E-state index contributed by atoms with van der Waals surface area (Å²) in [5, 5.41) is 8.59. The van der Waals surface area contributed by atoms with E-state index in [1.165, 1.54) is 23.0 Å². The lowest BCUT2D eigenvalue weighted by atomic mass is 10.2. The maximum atomic E-state index is 11.4. The molecule has 0 spiro atoms. The van der Waals surface area contributed by atoms with Crippen molar-refractivity contribution in [3.05, 3.63) is 24.0 Å². The predicted molar refractivity (Wildman–Crippen MR) is 46.9 cm³/mol. The Morgan fingerprint density at radius 2 is 2.08 bits per heavy atom. The molecule has 0 fully saturated rings. The first kappa shape index (κ1) is 9.51. The van der Waals surface area contributed by atoms with Gasteiger partial charge in [0, 0.05) is 18.3 Å². The summed E-state index contributed by atoms with van der Waals surface area (Å²) in [6, 6.07) is 1.41. The van der Waals surface area contributed by atoms with Crippen LogP contribution in [0, 0.1) is 5.92 Å². The average Bonchev–Trinajstić information content (AvgIpc) is 2.50. The normalized spacial score (nSPS) is 10.4. The van der Waals surface area contributed by atoms with Gasteiger partial charge < -0.3 is 5.11 Å². The molecule has 0 radical (unpaired) electrons. The van der Waals surface area contributed by atoms with Gasteiger partial charge in [-0.1, -0.05) is 13.8 Å². The number of carbonyl (C=O) groups is 2. The molecule has 0 bridgehead atoms. The first-order chi connectivity index (χ1) is 6.02. The summed E-state index contributed by atoms with van der Waals surface area (Å²) in [4.78, 5) is 21.8. The van der Waals surface area contributed by atoms with Crippen LogP contribution in [0.25, 0.3) is 0 Å². The van der Waals surface area contributed by atoms with E-state index in [0.29, 0.717) is 0 Å². The molecule has 0 aromatic carbocycles. The second kappa shape index (κ2) is 3.43. The Labute approximate surface area is 75.8 Å². The van der Waals surface area contributed by atoms with Crippen LogP contribution in [0.3, 0.4) is 0 Å². The topological polar surface area (TPSA) is 59.3 Å². The van der Waals surface area contributed by atoms with Crippen molar-refractivity contribution in [1.29, 1.82) is 0 Å². The van der Waals surface area contributed by atoms with Crippen LogP contribution >= 0.6 is 0 Å². The van der Waals surface area contributed by atoms with E-state index in [0.717, 1.165) is 0 Å². The minimum Gasteiger partial charge on any atom is -0.478 e. The van der Waals surface area contributed by atoms with Crippen molar-refractivity contribution >= 4 is 11.9 Å². The van der Waals surface area contributed by atoms with E-state index in [4.69, 9.17) is 5.11 Å². The number of carbonyl (C=O) groups excluding carboxylic acids is 1. The molecule has 0 aliphatic heterocycles. The molecule has 13 heavy (non-hydrogen) atoms. The number of carboxylic acids is 1. The van der Waals surface area contributed by atoms with E-state index >= 15 is 0 Å². The van der Waals surface area contributed by atoms with Crippen LogP contribution in [0.1, 0.15) is 29.0 Å². The Hall–Kier alpha value is -1.58. The van der Waals surface area contributed by atoms with Crippen LogP contribution in [0.2, 0.25) is 0 Å². The Balaban J connectivity index is 2.92. The van der Waals surface area contributed by atoms with Crippen molar-refractivity contribution in [1.82, 2.24) is 4.57 Å². The van der Waals surface area contributed by atoms with Gasteiger partial charge in [-0.25, -0.2) is 4.79 Å². The van der Waals surface area contributed by atoms with Gasteiger partial charge in [-0.2, -0.15) is 0 Å². The Morgan fingerprint density at radius 1 is 1.46 bits per heavy atom. The minimum atomic E-state index is -1.02. The number of nitrogens with zero attached hydrogens (tertiary/aromatic N) is 1. The molecular formula is C9H11NO3. The molecule has 1 heterocycles. The highest BCUT2D eigenvalue weighted by Gasteiger charge is 2.11. The van der Waals surface area contributed by atoms with E-state index in [2.05, 4.69) is 0 Å². The van der Waals surface area contributed by atoms with Crippen LogP contribution in [-0.4, -0.2) is 21.6 Å². The van der Waals surface area contributed by atoms with Gasteiger partial charge in [0.2, 0.25) is 5.91 Å². The van der Waals surface area contributed by atoms with Gasteiger partial charge in [0.25, 0.3) is 0 Å². The average molecular weight is 181 g/mol. The number of hydrogen-bond donors (Lipinski definition) is 1. The van der Waals surface area contributed by atoms with E-state index in [1.54, 1.807) is 13.8 Å². The molecule has 0 aliphatic carbocycles. The van der Waals surface area contributed by atoms with Crippen LogP contribution in [-0.2, 0) is 0 Å². The zero-order valence-corrected chi connectivity index (χ0v) is 7.52. The van der Waals surface area contributed by atoms with Crippen molar-refractivity contribution in [3.63, 3.8) is 0 Å². The second-order valence-corrected chi connectivity index (χ2v) is 3.11. The SMILES string of the molecule is CC(C)C(=O)n1ccc(C(=O)O)c1. The van der Waals surface area contributed by atoms with Gasteiger partial charge in [0.15, 0.2) is 0 Å². The standard InChI is InChI=1S/C9H11NO3/c1-6(2)8(11)10-4-3-7(5-10)9(12)13/h3-6H,1-2H3,(H,12,13). The second-order valence-electron chi connectivity index (χ2n) is 3.11. The molecule has 0 amide bonds. The fourth-order valence-corrected chi connectivity index (χ4v) is 0.958. The monoisotopic (exact) mass is 181 g/mol. The van der Waals surface area contributed by atoms with Crippen LogP contribution in [0.4, 0.5) is 0 Å². The Bertz CT molecular complexity index is 338. The third kappa shape index (κ3) is 1.96.